The summed E-state index contributed by atoms with van der Waals surface area (Å²) < 4.78 is 14.3. The van der Waals surface area contributed by atoms with Crippen LogP contribution in [0.2, 0.25) is 0 Å². The van der Waals surface area contributed by atoms with Gasteiger partial charge in [0.25, 0.3) is 0 Å². The minimum atomic E-state index is -0.942. The third-order valence-electron chi connectivity index (χ3n) is 3.81. The number of halogens is 1. The lowest BCUT2D eigenvalue weighted by atomic mass is 9.95. The predicted molar refractivity (Wildman–Crippen MR) is 95.0 cm³/mol. The van der Waals surface area contributed by atoms with Crippen molar-refractivity contribution in [2.24, 2.45) is 0 Å². The number of rotatable bonds is 4. The van der Waals surface area contributed by atoms with Crippen LogP contribution in [0.5, 0.6) is 0 Å². The molecule has 1 N–H and O–H groups in total. The normalized spacial score (nSPS) is 10.9. The number of hydrogen-bond acceptors (Lipinski definition) is 6. The topological polar surface area (TPSA) is 109 Å². The van der Waals surface area contributed by atoms with Gasteiger partial charge in [-0.1, -0.05) is 6.07 Å². The van der Waals surface area contributed by atoms with Crippen molar-refractivity contribution in [3.8, 4) is 18.2 Å². The average Bonchev–Trinajstić information content (AvgIpc) is 2.70. The smallest absolute Gasteiger partial charge is 0.227 e. The van der Waals surface area contributed by atoms with Crippen LogP contribution in [0.25, 0.3) is 0 Å². The highest BCUT2D eigenvalue weighted by Gasteiger charge is 2.20. The summed E-state index contributed by atoms with van der Waals surface area (Å²) in [5, 5.41) is 30.2. The highest BCUT2D eigenvalue weighted by atomic mass is 19.1. The lowest BCUT2D eigenvalue weighted by Gasteiger charge is -2.12. The fourth-order valence-corrected chi connectivity index (χ4v) is 2.48. The van der Waals surface area contributed by atoms with E-state index in [4.69, 9.17) is 10.5 Å². The van der Waals surface area contributed by atoms with Crippen LogP contribution in [0.4, 0.5) is 16.0 Å². The molecule has 7 heteroatoms. The fraction of sp³-hybridized carbons (Fsp3) is 0.0500. The maximum absolute atomic E-state index is 14.3. The number of nitrogens with zero attached hydrogens (tertiary/aromatic N) is 5. The zero-order valence-electron chi connectivity index (χ0n) is 13.9. The molecule has 0 bridgehead atoms. The quantitative estimate of drug-likeness (QED) is 0.764. The molecular formula is C20H11FN6. The maximum atomic E-state index is 14.3. The van der Waals surface area contributed by atoms with Crippen molar-refractivity contribution >= 4 is 11.6 Å². The van der Waals surface area contributed by atoms with Gasteiger partial charge in [0.15, 0.2) is 0 Å². The van der Waals surface area contributed by atoms with Gasteiger partial charge in [-0.2, -0.15) is 15.8 Å². The molecule has 1 heterocycles. The lowest BCUT2D eigenvalue weighted by Crippen LogP contribution is -2.07. The molecule has 128 valence electrons. The van der Waals surface area contributed by atoms with Crippen molar-refractivity contribution < 1.29 is 4.39 Å². The fourth-order valence-electron chi connectivity index (χ4n) is 2.48. The van der Waals surface area contributed by atoms with E-state index in [1.165, 1.54) is 24.4 Å². The van der Waals surface area contributed by atoms with E-state index in [9.17, 15) is 9.65 Å². The van der Waals surface area contributed by atoms with Crippen LogP contribution in [-0.2, 0) is 0 Å². The van der Waals surface area contributed by atoms with E-state index in [1.807, 2.05) is 18.2 Å². The lowest BCUT2D eigenvalue weighted by molar-refractivity contribution is 0.607. The van der Waals surface area contributed by atoms with E-state index in [1.54, 1.807) is 24.3 Å². The first kappa shape index (κ1) is 17.5. The first-order chi connectivity index (χ1) is 13.1. The number of anilines is 2. The molecule has 0 saturated carbocycles. The number of benzene rings is 2. The highest BCUT2D eigenvalue weighted by Crippen LogP contribution is 2.26. The number of nitriles is 3. The molecule has 3 rings (SSSR count). The third kappa shape index (κ3) is 3.87. The van der Waals surface area contributed by atoms with Crippen LogP contribution in [0.1, 0.15) is 28.3 Å². The Morgan fingerprint density at radius 2 is 1.63 bits per heavy atom. The summed E-state index contributed by atoms with van der Waals surface area (Å²) in [6.45, 7) is 0. The van der Waals surface area contributed by atoms with Gasteiger partial charge in [-0.3, -0.25) is 0 Å². The molecule has 0 spiro atoms. The minimum absolute atomic E-state index is 0.138. The molecule has 0 aliphatic heterocycles. The maximum Gasteiger partial charge on any atom is 0.227 e. The summed E-state index contributed by atoms with van der Waals surface area (Å²) in [6.07, 6.45) is 1.47. The van der Waals surface area contributed by atoms with Crippen LogP contribution in [-0.4, -0.2) is 9.97 Å². The number of aromatic nitrogens is 2. The number of nitrogens with one attached hydrogen (secondary N) is 1. The molecule has 0 saturated heterocycles. The molecule has 0 aliphatic rings. The summed E-state index contributed by atoms with van der Waals surface area (Å²) in [6, 6.07) is 18.1. The summed E-state index contributed by atoms with van der Waals surface area (Å²) in [5.41, 5.74) is 1.84. The standard InChI is InChI=1S/C20H11FN6/c21-18-9-14(11-23)3-6-16(18)17(12-24)19-7-8-25-20(27-19)26-15-4-1-13(10-22)2-5-15/h1-9,17H,(H,25,26,27). The SMILES string of the molecule is N#Cc1ccc(Nc2nccc(C(C#N)c3ccc(C#N)cc3F)n2)cc1. The van der Waals surface area contributed by atoms with Gasteiger partial charge < -0.3 is 5.32 Å². The van der Waals surface area contributed by atoms with Crippen LogP contribution in [0.15, 0.2) is 54.7 Å². The summed E-state index contributed by atoms with van der Waals surface area (Å²) in [7, 11) is 0. The highest BCUT2D eigenvalue weighted by molar-refractivity contribution is 5.55. The van der Waals surface area contributed by atoms with E-state index >= 15 is 0 Å². The van der Waals surface area contributed by atoms with Crippen LogP contribution in [0.3, 0.4) is 0 Å². The Morgan fingerprint density at radius 1 is 0.926 bits per heavy atom. The largest absolute Gasteiger partial charge is 0.324 e. The Balaban J connectivity index is 1.90. The van der Waals surface area contributed by atoms with Crippen molar-refractivity contribution in [2.75, 3.05) is 5.32 Å². The molecule has 0 radical (unpaired) electrons. The van der Waals surface area contributed by atoms with Gasteiger partial charge >= 0.3 is 0 Å². The van der Waals surface area contributed by atoms with Gasteiger partial charge in [0.1, 0.15) is 11.7 Å². The molecule has 0 fully saturated rings. The Labute approximate surface area is 154 Å². The van der Waals surface area contributed by atoms with E-state index in [0.717, 1.165) is 6.07 Å². The van der Waals surface area contributed by atoms with E-state index in [0.29, 0.717) is 16.9 Å². The van der Waals surface area contributed by atoms with Crippen LogP contribution in [0, 0.1) is 39.8 Å². The molecule has 1 aromatic heterocycles. The van der Waals surface area contributed by atoms with Crippen molar-refractivity contribution in [3.63, 3.8) is 0 Å². The molecule has 1 unspecified atom stereocenters. The van der Waals surface area contributed by atoms with Gasteiger partial charge in [-0.05, 0) is 42.5 Å². The molecule has 1 atom stereocenters. The van der Waals surface area contributed by atoms with Gasteiger partial charge in [0.05, 0.1) is 35.0 Å². The van der Waals surface area contributed by atoms with Gasteiger partial charge in [-0.25, -0.2) is 14.4 Å². The minimum Gasteiger partial charge on any atom is -0.324 e. The Kier molecular flexibility index (Phi) is 5.03. The summed E-state index contributed by atoms with van der Waals surface area (Å²) in [5.74, 6) is -1.34. The monoisotopic (exact) mass is 354 g/mol. The Bertz CT molecular complexity index is 1100. The second-order valence-electron chi connectivity index (χ2n) is 5.53. The van der Waals surface area contributed by atoms with E-state index in [-0.39, 0.29) is 17.1 Å². The number of hydrogen-bond donors (Lipinski definition) is 1. The zero-order valence-corrected chi connectivity index (χ0v) is 13.9. The second-order valence-corrected chi connectivity index (χ2v) is 5.53. The zero-order chi connectivity index (χ0) is 19.2. The Hall–Kier alpha value is -4.28. The molecule has 0 aliphatic carbocycles. The van der Waals surface area contributed by atoms with Gasteiger partial charge in [-0.15, -0.1) is 0 Å². The van der Waals surface area contributed by atoms with Gasteiger partial charge in [0, 0.05) is 17.4 Å². The van der Waals surface area contributed by atoms with Crippen LogP contribution < -0.4 is 5.32 Å². The first-order valence-electron chi connectivity index (χ1n) is 7.84. The van der Waals surface area contributed by atoms with Crippen LogP contribution >= 0.6 is 0 Å². The third-order valence-corrected chi connectivity index (χ3v) is 3.81. The molecule has 27 heavy (non-hydrogen) atoms. The van der Waals surface area contributed by atoms with Crippen molar-refractivity contribution in [1.29, 1.82) is 15.8 Å². The van der Waals surface area contributed by atoms with Crippen molar-refractivity contribution in [2.45, 2.75) is 5.92 Å². The van der Waals surface area contributed by atoms with Gasteiger partial charge in [0.2, 0.25) is 5.95 Å². The first-order valence-corrected chi connectivity index (χ1v) is 7.84. The summed E-state index contributed by atoms with van der Waals surface area (Å²) >= 11 is 0. The molecule has 0 amide bonds. The molecule has 2 aromatic carbocycles. The molecular weight excluding hydrogens is 343 g/mol. The van der Waals surface area contributed by atoms with E-state index < -0.39 is 11.7 Å². The average molecular weight is 354 g/mol. The molecule has 3 aromatic rings. The Morgan fingerprint density at radius 3 is 2.26 bits per heavy atom. The van der Waals surface area contributed by atoms with E-state index in [2.05, 4.69) is 15.3 Å². The summed E-state index contributed by atoms with van der Waals surface area (Å²) in [4.78, 5) is 8.40. The molecule has 6 nitrogen and oxygen atoms in total. The predicted octanol–water partition coefficient (Wildman–Crippen LogP) is 3.76. The second kappa shape index (κ2) is 7.74. The van der Waals surface area contributed by atoms with Crippen molar-refractivity contribution in [1.82, 2.24) is 9.97 Å². The van der Waals surface area contributed by atoms with Crippen molar-refractivity contribution in [3.05, 3.63) is 82.9 Å².